The third-order valence-corrected chi connectivity index (χ3v) is 5.81. The first-order chi connectivity index (χ1) is 14.6. The predicted molar refractivity (Wildman–Crippen MR) is 116 cm³/mol. The fourth-order valence-electron chi connectivity index (χ4n) is 3.39. The molecule has 5 rings (SSSR count). The maximum atomic E-state index is 12.6. The van der Waals surface area contributed by atoms with Crippen LogP contribution in [0.1, 0.15) is 0 Å². The minimum atomic E-state index is -0.176. The van der Waals surface area contributed by atoms with Crippen LogP contribution in [0.25, 0.3) is 33.0 Å². The van der Waals surface area contributed by atoms with Crippen molar-refractivity contribution < 1.29 is 13.9 Å². The van der Waals surface area contributed by atoms with Crippen LogP contribution in [0, 0.1) is 0 Å². The fourth-order valence-corrected chi connectivity index (χ4v) is 4.15. The van der Waals surface area contributed by atoms with Gasteiger partial charge in [-0.2, -0.15) is 5.10 Å². The number of carbonyl (C=O) groups is 1. The lowest BCUT2D eigenvalue weighted by Gasteiger charge is -2.10. The molecule has 1 amide bonds. The number of amides is 1. The number of thioether (sulfide) groups is 1. The average Bonchev–Trinajstić information content (AvgIpc) is 3.32. The van der Waals surface area contributed by atoms with Crippen LogP contribution in [-0.4, -0.2) is 38.5 Å². The lowest BCUT2D eigenvalue weighted by molar-refractivity contribution is -0.113. The maximum Gasteiger partial charge on any atom is 0.234 e. The summed E-state index contributed by atoms with van der Waals surface area (Å²) in [7, 11) is 3.39. The number of rotatable bonds is 5. The molecule has 0 saturated carbocycles. The molecule has 0 fully saturated rings. The Kier molecular flexibility index (Phi) is 4.51. The second kappa shape index (κ2) is 7.34. The Bertz CT molecular complexity index is 1410. The van der Waals surface area contributed by atoms with Gasteiger partial charge in [0.05, 0.1) is 30.1 Å². The third-order valence-electron chi connectivity index (χ3n) is 4.81. The summed E-state index contributed by atoms with van der Waals surface area (Å²) in [6, 6.07) is 11.5. The molecule has 0 aliphatic heterocycles. The zero-order valence-corrected chi connectivity index (χ0v) is 17.1. The highest BCUT2D eigenvalue weighted by Crippen LogP contribution is 2.36. The number of nitrogens with zero attached hydrogens (tertiary/aromatic N) is 4. The third kappa shape index (κ3) is 3.13. The number of benzene rings is 2. The van der Waals surface area contributed by atoms with E-state index in [1.807, 2.05) is 37.4 Å². The van der Waals surface area contributed by atoms with Crippen LogP contribution in [0.15, 0.2) is 58.4 Å². The largest absolute Gasteiger partial charge is 0.495 e. The van der Waals surface area contributed by atoms with E-state index in [0.29, 0.717) is 22.0 Å². The molecule has 0 bridgehead atoms. The molecule has 30 heavy (non-hydrogen) atoms. The van der Waals surface area contributed by atoms with Crippen LogP contribution in [-0.2, 0) is 11.8 Å². The quantitative estimate of drug-likeness (QED) is 0.340. The first-order valence-electron chi connectivity index (χ1n) is 9.18. The van der Waals surface area contributed by atoms with E-state index < -0.39 is 0 Å². The van der Waals surface area contributed by atoms with Gasteiger partial charge in [-0.25, -0.2) is 9.97 Å². The number of aromatic nitrogens is 4. The lowest BCUT2D eigenvalue weighted by atomic mass is 10.1. The number of para-hydroxylation sites is 1. The number of hydrogen-bond acceptors (Lipinski definition) is 7. The molecule has 0 atom stereocenters. The average molecular weight is 419 g/mol. The molecule has 1 N–H and O–H groups in total. The SMILES string of the molecule is COc1cc2c(cc1NC(=O)CSc1ncnc3c1cnn3C)oc1ccccc12. The van der Waals surface area contributed by atoms with Gasteiger partial charge in [-0.05, 0) is 12.1 Å². The van der Waals surface area contributed by atoms with Crippen molar-refractivity contribution in [3.8, 4) is 5.75 Å². The van der Waals surface area contributed by atoms with E-state index in [-0.39, 0.29) is 11.7 Å². The first kappa shape index (κ1) is 18.4. The van der Waals surface area contributed by atoms with Gasteiger partial charge in [0.2, 0.25) is 5.91 Å². The number of hydrogen-bond donors (Lipinski definition) is 1. The predicted octanol–water partition coefficient (Wildman–Crippen LogP) is 4.00. The van der Waals surface area contributed by atoms with Crippen molar-refractivity contribution in [3.63, 3.8) is 0 Å². The Labute approximate surface area is 175 Å². The van der Waals surface area contributed by atoms with Gasteiger partial charge in [-0.3, -0.25) is 9.48 Å². The molecule has 0 spiro atoms. The summed E-state index contributed by atoms with van der Waals surface area (Å²) in [6.07, 6.45) is 3.18. The molecule has 0 saturated heterocycles. The van der Waals surface area contributed by atoms with Crippen LogP contribution in [0.5, 0.6) is 5.75 Å². The minimum Gasteiger partial charge on any atom is -0.495 e. The summed E-state index contributed by atoms with van der Waals surface area (Å²) in [4.78, 5) is 21.1. The molecule has 3 heterocycles. The van der Waals surface area contributed by atoms with Crippen molar-refractivity contribution in [2.24, 2.45) is 7.05 Å². The number of aryl methyl sites for hydroxylation is 1. The van der Waals surface area contributed by atoms with Gasteiger partial charge in [0.15, 0.2) is 5.65 Å². The van der Waals surface area contributed by atoms with Crippen LogP contribution >= 0.6 is 11.8 Å². The summed E-state index contributed by atoms with van der Waals surface area (Å²) < 4.78 is 13.1. The van der Waals surface area contributed by atoms with Crippen molar-refractivity contribution >= 4 is 56.3 Å². The Balaban J connectivity index is 1.39. The van der Waals surface area contributed by atoms with E-state index in [1.165, 1.54) is 18.1 Å². The summed E-state index contributed by atoms with van der Waals surface area (Å²) in [5, 5.41) is 10.6. The van der Waals surface area contributed by atoms with Crippen LogP contribution < -0.4 is 10.1 Å². The van der Waals surface area contributed by atoms with E-state index >= 15 is 0 Å². The highest BCUT2D eigenvalue weighted by Gasteiger charge is 2.15. The molecule has 0 aliphatic rings. The number of anilines is 1. The number of methoxy groups -OCH3 is 1. The number of ether oxygens (including phenoxy) is 1. The second-order valence-electron chi connectivity index (χ2n) is 6.67. The molecule has 0 unspecified atom stereocenters. The summed E-state index contributed by atoms with van der Waals surface area (Å²) in [6.45, 7) is 0. The van der Waals surface area contributed by atoms with Gasteiger partial charge < -0.3 is 14.5 Å². The van der Waals surface area contributed by atoms with Gasteiger partial charge >= 0.3 is 0 Å². The summed E-state index contributed by atoms with van der Waals surface area (Å²) >= 11 is 1.33. The number of furan rings is 1. The Morgan fingerprint density at radius 3 is 2.90 bits per heavy atom. The molecule has 0 aliphatic carbocycles. The van der Waals surface area contributed by atoms with Gasteiger partial charge in [0.1, 0.15) is 28.3 Å². The molecular weight excluding hydrogens is 402 g/mol. The first-order valence-corrected chi connectivity index (χ1v) is 10.2. The standard InChI is InChI=1S/C21H17N5O3S/c1-26-20-14(9-24-26)21(23-11-22-20)30-10-19(27)25-15-8-17-13(7-18(15)28-2)12-5-3-4-6-16(12)29-17/h3-9,11H,10H2,1-2H3,(H,25,27). The van der Waals surface area contributed by atoms with E-state index in [1.54, 1.807) is 24.1 Å². The van der Waals surface area contributed by atoms with Gasteiger partial charge in [0.25, 0.3) is 0 Å². The Morgan fingerprint density at radius 2 is 2.03 bits per heavy atom. The van der Waals surface area contributed by atoms with Crippen molar-refractivity contribution in [2.75, 3.05) is 18.2 Å². The Morgan fingerprint density at radius 1 is 1.17 bits per heavy atom. The van der Waals surface area contributed by atoms with E-state index in [2.05, 4.69) is 20.4 Å². The topological polar surface area (TPSA) is 95.1 Å². The monoisotopic (exact) mass is 419 g/mol. The zero-order chi connectivity index (χ0) is 20.7. The van der Waals surface area contributed by atoms with Gasteiger partial charge in [-0.15, -0.1) is 0 Å². The molecule has 9 heteroatoms. The maximum absolute atomic E-state index is 12.6. The number of carbonyl (C=O) groups excluding carboxylic acids is 1. The molecule has 3 aromatic heterocycles. The Hall–Kier alpha value is -3.59. The fraction of sp³-hybridized carbons (Fsp3) is 0.143. The van der Waals surface area contributed by atoms with Crippen LogP contribution in [0.4, 0.5) is 5.69 Å². The summed E-state index contributed by atoms with van der Waals surface area (Å²) in [5.41, 5.74) is 2.76. The summed E-state index contributed by atoms with van der Waals surface area (Å²) in [5.74, 6) is 0.580. The number of fused-ring (bicyclic) bond motifs is 4. The van der Waals surface area contributed by atoms with Crippen molar-refractivity contribution in [1.82, 2.24) is 19.7 Å². The number of nitrogens with one attached hydrogen (secondary N) is 1. The molecule has 2 aromatic carbocycles. The molecule has 5 aromatic rings. The molecule has 8 nitrogen and oxygen atoms in total. The second-order valence-corrected chi connectivity index (χ2v) is 7.63. The van der Waals surface area contributed by atoms with Crippen LogP contribution in [0.3, 0.4) is 0 Å². The molecule has 150 valence electrons. The van der Waals surface area contributed by atoms with Crippen molar-refractivity contribution in [2.45, 2.75) is 5.03 Å². The normalized spacial score (nSPS) is 11.4. The van der Waals surface area contributed by atoms with E-state index in [4.69, 9.17) is 9.15 Å². The van der Waals surface area contributed by atoms with Crippen molar-refractivity contribution in [1.29, 1.82) is 0 Å². The van der Waals surface area contributed by atoms with Gasteiger partial charge in [0, 0.05) is 23.9 Å². The highest BCUT2D eigenvalue weighted by atomic mass is 32.2. The van der Waals surface area contributed by atoms with Gasteiger partial charge in [-0.1, -0.05) is 30.0 Å². The van der Waals surface area contributed by atoms with Crippen molar-refractivity contribution in [3.05, 3.63) is 48.9 Å². The molecular formula is C21H17N5O3S. The highest BCUT2D eigenvalue weighted by molar-refractivity contribution is 8.00. The van der Waals surface area contributed by atoms with E-state index in [0.717, 1.165) is 27.4 Å². The lowest BCUT2D eigenvalue weighted by Crippen LogP contribution is -2.14. The zero-order valence-electron chi connectivity index (χ0n) is 16.2. The smallest absolute Gasteiger partial charge is 0.234 e. The van der Waals surface area contributed by atoms with E-state index in [9.17, 15) is 4.79 Å². The van der Waals surface area contributed by atoms with Crippen LogP contribution in [0.2, 0.25) is 0 Å². The minimum absolute atomic E-state index is 0.176. The molecule has 0 radical (unpaired) electrons.